The molecule has 2 amide bonds. The van der Waals surface area contributed by atoms with Gasteiger partial charge in [0.15, 0.2) is 5.71 Å². The van der Waals surface area contributed by atoms with E-state index in [1.165, 1.54) is 58.2 Å². The molecule has 6 N–H and O–H groups in total. The Morgan fingerprint density at radius 2 is 1.14 bits per heavy atom. The molecule has 91 heavy (non-hydrogen) atoms. The Bertz CT molecular complexity index is 3630. The maximum atomic E-state index is 13.0. The number of hydrogen-bond acceptors (Lipinski definition) is 17. The molecule has 2 fully saturated rings. The number of likely N-dealkylation sites (tertiary alicyclic amines) is 2. The number of imidazole rings is 2. The molecule has 4 aliphatic heterocycles. The second kappa shape index (κ2) is 30.9. The van der Waals surface area contributed by atoms with Crippen LogP contribution in [0.15, 0.2) is 119 Å². The van der Waals surface area contributed by atoms with Crippen LogP contribution in [0, 0.1) is 32.1 Å². The van der Waals surface area contributed by atoms with Crippen LogP contribution in [0.2, 0.25) is 0 Å². The monoisotopic (exact) mass is 1300 g/mol. The first-order valence-corrected chi connectivity index (χ1v) is 34.1. The highest BCUT2D eigenvalue weighted by Gasteiger charge is 2.45. The second-order valence-corrected chi connectivity index (χ2v) is 28.1. The van der Waals surface area contributed by atoms with Gasteiger partial charge in [0, 0.05) is 86.5 Å². The third-order valence-corrected chi connectivity index (χ3v) is 19.6. The summed E-state index contributed by atoms with van der Waals surface area (Å²) in [6.45, 7) is 14.2. The van der Waals surface area contributed by atoms with E-state index < -0.39 is 53.1 Å². The first kappa shape index (κ1) is 69.6. The topological polar surface area (TPSA) is 342 Å². The molecule has 0 bridgehead atoms. The summed E-state index contributed by atoms with van der Waals surface area (Å²) in [7, 11) is -8.95. The van der Waals surface area contributed by atoms with Gasteiger partial charge in [0.05, 0.1) is 40.5 Å². The minimum absolute atomic E-state index is 0.0196. The number of aliphatic hydroxyl groups is 2. The fourth-order valence-electron chi connectivity index (χ4n) is 12.9. The van der Waals surface area contributed by atoms with E-state index in [2.05, 4.69) is 39.9 Å². The van der Waals surface area contributed by atoms with E-state index in [-0.39, 0.29) is 46.6 Å². The van der Waals surface area contributed by atoms with Crippen molar-refractivity contribution in [1.82, 2.24) is 39.5 Å². The van der Waals surface area contributed by atoms with Crippen molar-refractivity contribution < 1.29 is 60.2 Å². The van der Waals surface area contributed by atoms with Crippen molar-refractivity contribution in [3.05, 3.63) is 141 Å². The predicted molar refractivity (Wildman–Crippen MR) is 342 cm³/mol. The Morgan fingerprint density at radius 3 is 1.66 bits per heavy atom. The number of unbranched alkanes of at least 4 members (excludes halogenated alkanes) is 4. The highest BCUT2D eigenvalue weighted by molar-refractivity contribution is 7.86. The molecule has 2 unspecified atom stereocenters. The summed E-state index contributed by atoms with van der Waals surface area (Å²) in [5.74, 6) is -0.0532. The number of β-amino-alcohol motifs (C(OH)–C–C–N with tert-alkyl or cyclic N) is 2. The molecule has 28 heteroatoms. The van der Waals surface area contributed by atoms with E-state index in [0.29, 0.717) is 76.8 Å². The molecule has 26 nitrogen and oxygen atoms in total. The number of allylic oxidation sites excluding steroid dienone is 8. The van der Waals surface area contributed by atoms with Gasteiger partial charge in [-0.3, -0.25) is 18.7 Å². The molecule has 8 rings (SSSR count). The third kappa shape index (κ3) is 18.5. The van der Waals surface area contributed by atoms with Crippen LogP contribution < -0.4 is 15.5 Å². The molecule has 2 atom stereocenters. The van der Waals surface area contributed by atoms with Crippen LogP contribution in [-0.4, -0.2) is 175 Å². The molecule has 4 aliphatic rings. The average Bonchev–Trinajstić information content (AvgIpc) is 1.60. The lowest BCUT2D eigenvalue weighted by atomic mass is 9.81. The van der Waals surface area contributed by atoms with Gasteiger partial charge in [0.25, 0.3) is 20.2 Å². The zero-order valence-electron chi connectivity index (χ0n) is 52.3. The molecule has 0 saturated carbocycles. The number of nitrogens with one attached hydrogen (secondary N) is 2. The number of piperidine rings is 2. The minimum Gasteiger partial charge on any atom is -0.390 e. The average molecular weight is 1300 g/mol. The van der Waals surface area contributed by atoms with Crippen molar-refractivity contribution in [3.63, 3.8) is 0 Å². The number of anilines is 1. The number of amides is 2. The van der Waals surface area contributed by atoms with Crippen molar-refractivity contribution in [2.45, 2.75) is 151 Å². The lowest BCUT2D eigenvalue weighted by Crippen LogP contribution is -2.42. The Morgan fingerprint density at radius 1 is 0.659 bits per heavy atom. The molecule has 4 aromatic rings. The molecule has 2 saturated heterocycles. The van der Waals surface area contributed by atoms with Crippen molar-refractivity contribution in [1.29, 1.82) is 0 Å². The van der Waals surface area contributed by atoms with E-state index in [1.54, 1.807) is 12.1 Å². The number of aromatic nitrogens is 4. The normalized spacial score (nSPS) is 18.6. The number of aliphatic hydroxyl groups excluding tert-OH is 2. The lowest BCUT2D eigenvalue weighted by molar-refractivity contribution is -0.438. The summed E-state index contributed by atoms with van der Waals surface area (Å²) in [5, 5.41) is 49.8. The maximum absolute atomic E-state index is 13.0. The molecule has 0 spiro atoms. The van der Waals surface area contributed by atoms with Crippen LogP contribution in [0.5, 0.6) is 0 Å². The molecular formula is C63H87N12O14S2+. The molecule has 0 aliphatic carbocycles. The van der Waals surface area contributed by atoms with E-state index in [4.69, 9.17) is 0 Å². The summed E-state index contributed by atoms with van der Waals surface area (Å²) in [6.07, 6.45) is 26.0. The number of fused-ring (bicyclic) bond motifs is 2. The molecule has 2 aromatic carbocycles. The van der Waals surface area contributed by atoms with Crippen LogP contribution in [0.25, 0.3) is 0 Å². The summed E-state index contributed by atoms with van der Waals surface area (Å²) < 4.78 is 74.0. The minimum atomic E-state index is -4.47. The van der Waals surface area contributed by atoms with E-state index in [0.717, 1.165) is 111 Å². The number of nitrogens with zero attached hydrogens (tertiary/aromatic N) is 10. The van der Waals surface area contributed by atoms with E-state index in [9.17, 15) is 66.0 Å². The molecular weight excluding hydrogens is 1210 g/mol. The lowest BCUT2D eigenvalue weighted by Gasteiger charge is -2.33. The molecule has 2 aromatic heterocycles. The second-order valence-electron chi connectivity index (χ2n) is 25.2. The van der Waals surface area contributed by atoms with Crippen molar-refractivity contribution >= 4 is 61.0 Å². The summed E-state index contributed by atoms with van der Waals surface area (Å²) in [5.41, 5.74) is 3.68. The third-order valence-electron chi connectivity index (χ3n) is 17.9. The van der Waals surface area contributed by atoms with E-state index in [1.807, 2.05) is 70.2 Å². The summed E-state index contributed by atoms with van der Waals surface area (Å²) >= 11 is 0. The fraction of sp³-hybridized carbons (Fsp3) is 0.540. The molecule has 494 valence electrons. The van der Waals surface area contributed by atoms with Gasteiger partial charge in [-0.2, -0.15) is 21.4 Å². The van der Waals surface area contributed by atoms with Gasteiger partial charge >= 0.3 is 11.9 Å². The SMILES string of the molecule is CC1(C)C(/C=C/C=C/C=C/C=C2/N(CCCCCC(=O)NCC3CCN(CC(O)Cn4ccnc4[N+](=O)[O-])CC3)c3ccc(S(=O)(=O)O)cc3C2(C)C)=[N+](CCCCCC(=O)NCC2CCN(CC(O)Cn3ccnc3[N+](=O)[O-])CC2)c2ccc(S(=O)(=O)O)cc21. The summed E-state index contributed by atoms with van der Waals surface area (Å²) in [4.78, 5) is 60.7. The Balaban J connectivity index is 0.811. The smallest absolute Gasteiger partial charge is 0.390 e. The van der Waals surface area contributed by atoms with Crippen LogP contribution >= 0.6 is 0 Å². The summed E-state index contributed by atoms with van der Waals surface area (Å²) in [6, 6.07) is 9.28. The van der Waals surface area contributed by atoms with Gasteiger partial charge in [-0.1, -0.05) is 60.6 Å². The highest BCUT2D eigenvalue weighted by atomic mass is 32.2. The van der Waals surface area contributed by atoms with Gasteiger partial charge in [0.2, 0.25) is 17.5 Å². The Labute approximate surface area is 531 Å². The number of hydrogen-bond donors (Lipinski definition) is 6. The number of rotatable bonds is 32. The Kier molecular flexibility index (Phi) is 23.6. The van der Waals surface area contributed by atoms with Gasteiger partial charge in [-0.15, -0.1) is 0 Å². The number of carbonyl (C=O) groups excluding carboxylic acids is 2. The first-order valence-electron chi connectivity index (χ1n) is 31.2. The van der Waals surface area contributed by atoms with Crippen LogP contribution in [-0.2, 0) is 53.7 Å². The maximum Gasteiger partial charge on any atom is 0.434 e. The molecule has 6 heterocycles. The van der Waals surface area contributed by atoms with Gasteiger partial charge in [-0.05, 0) is 155 Å². The molecule has 0 radical (unpaired) electrons. The number of benzene rings is 2. The van der Waals surface area contributed by atoms with Gasteiger partial charge < -0.3 is 55.8 Å². The standard InChI is InChI=1S/C63H86N12O14S2/c1-62(2)52-38-50(90(84,85)86)20-22-54(52)72(30-14-8-12-18-58(78)66-40-46-24-32-68(33-25-46)42-48(76)44-70-36-28-64-60(70)74(80)81)56(62)16-10-6-5-7-11-17-57-63(3,4)53-39-51(91(87,88)89)21-23-55(53)73(57)31-15-9-13-19-59(79)67-41-47-26-34-69(35-27-47)43-49(77)45-71-37-29-65-61(71)75(82)83/h5-7,10-11,16-17,20-23,28-29,36-39,46-49,76-77H,8-9,12-15,18-19,24-27,30-35,40-45H2,1-4H3,(H3-,66,67,78,79,84,85,86,87,88,89)/p+1. The Hall–Kier alpha value is -7.31. The van der Waals surface area contributed by atoms with Gasteiger partial charge in [-0.25, -0.2) is 9.13 Å². The van der Waals surface area contributed by atoms with Gasteiger partial charge in [0.1, 0.15) is 31.3 Å². The van der Waals surface area contributed by atoms with Crippen molar-refractivity contribution in [2.24, 2.45) is 11.8 Å². The quantitative estimate of drug-likeness (QED) is 0.00714. The van der Waals surface area contributed by atoms with Crippen LogP contribution in [0.1, 0.15) is 116 Å². The number of nitro groups is 2. The fourth-order valence-corrected chi connectivity index (χ4v) is 13.9. The largest absolute Gasteiger partial charge is 0.434 e. The van der Waals surface area contributed by atoms with Crippen molar-refractivity contribution in [3.8, 4) is 0 Å². The predicted octanol–water partition coefficient (Wildman–Crippen LogP) is 7.02. The highest BCUT2D eigenvalue weighted by Crippen LogP contribution is 2.49. The first-order chi connectivity index (χ1) is 43.2. The number of carbonyl (C=O) groups is 2. The zero-order chi connectivity index (χ0) is 65.7. The van der Waals surface area contributed by atoms with Crippen LogP contribution in [0.3, 0.4) is 0 Å². The van der Waals surface area contributed by atoms with Crippen LogP contribution in [0.4, 0.5) is 23.3 Å². The van der Waals surface area contributed by atoms with E-state index >= 15 is 0 Å². The van der Waals surface area contributed by atoms with Crippen molar-refractivity contribution in [2.75, 3.05) is 70.3 Å². The zero-order valence-corrected chi connectivity index (χ0v) is 53.9.